The number of rotatable bonds is 11. The second kappa shape index (κ2) is 36.0. The summed E-state index contributed by atoms with van der Waals surface area (Å²) in [7, 11) is 1.75. The third kappa shape index (κ3) is 25.1. The van der Waals surface area contributed by atoms with Gasteiger partial charge >= 0.3 is 11.9 Å². The highest BCUT2D eigenvalue weighted by atomic mass is 16.7. The summed E-state index contributed by atoms with van der Waals surface area (Å²) in [6, 6.07) is 5.62. The topological polar surface area (TPSA) is 391 Å². The molecule has 2 aliphatic heterocycles. The minimum atomic E-state index is -2.10. The Labute approximate surface area is 472 Å². The van der Waals surface area contributed by atoms with Gasteiger partial charge in [-0.15, -0.1) is 0 Å². The molecule has 1 aromatic rings. The summed E-state index contributed by atoms with van der Waals surface area (Å²) in [5.41, 5.74) is 7.23. The van der Waals surface area contributed by atoms with E-state index in [9.17, 15) is 84.9 Å². The molecule has 0 amide bonds. The summed E-state index contributed by atoms with van der Waals surface area (Å²) in [6.45, 7) is 5.06. The number of aliphatic hydroxyl groups excluding tert-OH is 10. The first-order chi connectivity index (χ1) is 38.3. The minimum absolute atomic E-state index is 0.144. The number of carbonyl (C=O) groups excluding carboxylic acids is 5. The number of carbonyl (C=O) groups is 6. The third-order valence-corrected chi connectivity index (χ3v) is 13.9. The first kappa shape index (κ1) is 69.6. The molecule has 0 spiro atoms. The number of aliphatic carboxylic acids is 1. The van der Waals surface area contributed by atoms with Crippen molar-refractivity contribution in [3.8, 4) is 0 Å². The van der Waals surface area contributed by atoms with Gasteiger partial charge in [0.2, 0.25) is 0 Å². The molecule has 450 valence electrons. The van der Waals surface area contributed by atoms with Crippen molar-refractivity contribution in [1.82, 2.24) is 0 Å². The number of ketones is 4. The first-order valence-electron chi connectivity index (χ1n) is 27.2. The average Bonchev–Trinajstić information content (AvgIpc) is 3.39. The number of Topliss-reactive ketones (excluding diaryl/α,β-unsaturated/α-hetero) is 4. The van der Waals surface area contributed by atoms with Gasteiger partial charge in [0.1, 0.15) is 48.3 Å². The summed E-state index contributed by atoms with van der Waals surface area (Å²) < 4.78 is 17.4. The molecule has 0 saturated carbocycles. The van der Waals surface area contributed by atoms with Crippen LogP contribution >= 0.6 is 0 Å². The zero-order valence-corrected chi connectivity index (χ0v) is 46.2. The smallest absolute Gasteiger partial charge is 0.313 e. The van der Waals surface area contributed by atoms with Gasteiger partial charge in [0.25, 0.3) is 0 Å². The van der Waals surface area contributed by atoms with Crippen LogP contribution in [0.3, 0.4) is 0 Å². The van der Waals surface area contributed by atoms with Crippen molar-refractivity contribution in [3.63, 3.8) is 0 Å². The van der Waals surface area contributed by atoms with Crippen LogP contribution in [0.2, 0.25) is 0 Å². The van der Waals surface area contributed by atoms with Crippen LogP contribution in [-0.4, -0.2) is 190 Å². The van der Waals surface area contributed by atoms with Crippen LogP contribution in [0.4, 0.5) is 5.69 Å². The van der Waals surface area contributed by atoms with Crippen LogP contribution in [0, 0.1) is 17.8 Å². The molecular formula is C59H84N2O20. The SMILES string of the molecule is CNc1ccc(C(=O)CC(O)CCC(C)C2OC(=O)CC(=O)CC(O)C(=O)C(O)CC(O)CC(O)CC(O)CC(=O)CC(O)C(C(=O)O)C(O)CC(OC3OC(C)C(O)C(N)C3O)C=CC=CC=CC=CC=CC=CC=CC2C)cc1. The zero-order chi connectivity index (χ0) is 60.3. The van der Waals surface area contributed by atoms with Crippen molar-refractivity contribution in [3.05, 3.63) is 115 Å². The molecule has 0 aliphatic carbocycles. The lowest BCUT2D eigenvalue weighted by molar-refractivity contribution is -0.277. The Kier molecular flexibility index (Phi) is 30.9. The van der Waals surface area contributed by atoms with E-state index >= 15 is 0 Å². The number of ether oxygens (including phenoxy) is 3. The molecule has 14 N–H and O–H groups in total. The number of anilines is 1. The van der Waals surface area contributed by atoms with E-state index in [1.54, 1.807) is 118 Å². The van der Waals surface area contributed by atoms with E-state index in [-0.39, 0.29) is 18.6 Å². The molecule has 22 heteroatoms. The maximum absolute atomic E-state index is 13.3. The average molecular weight is 1140 g/mol. The van der Waals surface area contributed by atoms with Crippen molar-refractivity contribution in [1.29, 1.82) is 0 Å². The van der Waals surface area contributed by atoms with Crippen LogP contribution in [0.1, 0.15) is 102 Å². The van der Waals surface area contributed by atoms with Gasteiger partial charge in [-0.05, 0) is 62.8 Å². The fraction of sp³-hybridized carbons (Fsp3) is 0.559. The number of carboxylic acid groups (broad SMARTS) is 1. The Morgan fingerprint density at radius 2 is 1.23 bits per heavy atom. The standard InChI is InChI=1S/C59H84N2O20/c1-34-17-15-13-11-9-7-5-6-8-10-12-14-16-18-45(80-59-56(76)53(60)54(74)36(3)79-59)33-48(70)52(58(77)78)47(69)29-42(65)26-40(63)25-41(64)27-43(66)30-49(71)55(75)50(72)31-44(67)32-51(73)81-57(34)35(2)19-24-39(62)28-46(68)37-20-22-38(61-4)23-21-37/h5-18,20-23,34-36,39-41,43,45,47-50,52-54,56-57,59,61-64,66,69-72,74,76H,19,24-33,60H2,1-4H3,(H,77,78). The molecule has 2 heterocycles. The third-order valence-electron chi connectivity index (χ3n) is 13.9. The van der Waals surface area contributed by atoms with Gasteiger partial charge in [0.15, 0.2) is 17.9 Å². The number of cyclic esters (lactones) is 1. The highest BCUT2D eigenvalue weighted by Gasteiger charge is 2.43. The largest absolute Gasteiger partial charge is 0.481 e. The highest BCUT2D eigenvalue weighted by Crippen LogP contribution is 2.28. The molecule has 22 nitrogen and oxygen atoms in total. The molecule has 1 saturated heterocycles. The number of esters is 1. The first-order valence-corrected chi connectivity index (χ1v) is 27.2. The van der Waals surface area contributed by atoms with Gasteiger partial charge in [-0.1, -0.05) is 98.9 Å². The Bertz CT molecular complexity index is 2370. The van der Waals surface area contributed by atoms with E-state index < -0.39 is 190 Å². The second-order valence-electron chi connectivity index (χ2n) is 20.8. The van der Waals surface area contributed by atoms with Crippen LogP contribution in [0.5, 0.6) is 0 Å². The molecule has 0 bridgehead atoms. The lowest BCUT2D eigenvalue weighted by atomic mass is 9.88. The minimum Gasteiger partial charge on any atom is -0.481 e. The van der Waals surface area contributed by atoms with Crippen molar-refractivity contribution in [2.24, 2.45) is 23.5 Å². The van der Waals surface area contributed by atoms with E-state index in [1.807, 2.05) is 0 Å². The van der Waals surface area contributed by atoms with Gasteiger partial charge in [-0.2, -0.15) is 0 Å². The Morgan fingerprint density at radius 3 is 1.81 bits per heavy atom. The summed E-state index contributed by atoms with van der Waals surface area (Å²) in [5.74, 6) is -8.79. The van der Waals surface area contributed by atoms with Gasteiger partial charge in [0.05, 0.1) is 61.0 Å². The van der Waals surface area contributed by atoms with E-state index in [4.69, 9.17) is 19.9 Å². The number of hydrogen-bond acceptors (Lipinski definition) is 21. The summed E-state index contributed by atoms with van der Waals surface area (Å²) in [4.78, 5) is 77.4. The van der Waals surface area contributed by atoms with Crippen molar-refractivity contribution in [2.75, 3.05) is 12.4 Å². The van der Waals surface area contributed by atoms with Gasteiger partial charge < -0.3 is 81.4 Å². The van der Waals surface area contributed by atoms with Crippen LogP contribution < -0.4 is 11.1 Å². The Hall–Kier alpha value is -5.70. The number of nitrogens with one attached hydrogen (secondary N) is 1. The van der Waals surface area contributed by atoms with Gasteiger partial charge in [-0.3, -0.25) is 28.8 Å². The molecule has 1 fully saturated rings. The predicted octanol–water partition coefficient (Wildman–Crippen LogP) is 1.77. The molecule has 1 aromatic carbocycles. The van der Waals surface area contributed by atoms with Crippen molar-refractivity contribution in [2.45, 2.75) is 183 Å². The van der Waals surface area contributed by atoms with E-state index in [2.05, 4.69) is 5.32 Å². The zero-order valence-electron chi connectivity index (χ0n) is 46.2. The molecule has 18 atom stereocenters. The number of carboxylic acids is 1. The quantitative estimate of drug-likeness (QED) is 0.0853. The fourth-order valence-electron chi connectivity index (χ4n) is 9.25. The molecule has 18 unspecified atom stereocenters. The molecular weight excluding hydrogens is 1060 g/mol. The van der Waals surface area contributed by atoms with Crippen molar-refractivity contribution < 1.29 is 99.1 Å². The second-order valence-corrected chi connectivity index (χ2v) is 20.8. The number of nitrogens with two attached hydrogens (primary N) is 1. The van der Waals surface area contributed by atoms with E-state index in [0.29, 0.717) is 12.0 Å². The van der Waals surface area contributed by atoms with Crippen LogP contribution in [0.25, 0.3) is 0 Å². The normalized spacial score (nSPS) is 32.8. The number of benzene rings is 1. The molecule has 0 radical (unpaired) electrons. The maximum atomic E-state index is 13.3. The van der Waals surface area contributed by atoms with E-state index in [0.717, 1.165) is 5.69 Å². The fourth-order valence-corrected chi connectivity index (χ4v) is 9.25. The number of hydrogen-bond donors (Lipinski definition) is 13. The van der Waals surface area contributed by atoms with Crippen LogP contribution in [-0.2, 0) is 38.2 Å². The predicted molar refractivity (Wildman–Crippen MR) is 297 cm³/mol. The number of allylic oxidation sites excluding steroid dienone is 12. The highest BCUT2D eigenvalue weighted by molar-refractivity contribution is 5.99. The molecule has 0 aromatic heterocycles. The lowest BCUT2D eigenvalue weighted by Gasteiger charge is -2.41. The lowest BCUT2D eigenvalue weighted by Crippen LogP contribution is -2.61. The maximum Gasteiger partial charge on any atom is 0.313 e. The molecule has 2 aliphatic rings. The van der Waals surface area contributed by atoms with Crippen molar-refractivity contribution >= 4 is 40.8 Å². The van der Waals surface area contributed by atoms with E-state index in [1.165, 1.54) is 19.1 Å². The molecule has 3 rings (SSSR count). The summed E-state index contributed by atoms with van der Waals surface area (Å²) in [6.07, 6.45) is -2.80. The Morgan fingerprint density at radius 1 is 0.679 bits per heavy atom. The monoisotopic (exact) mass is 1140 g/mol. The molecule has 81 heavy (non-hydrogen) atoms. The van der Waals surface area contributed by atoms with Crippen LogP contribution in [0.15, 0.2) is 109 Å². The van der Waals surface area contributed by atoms with Gasteiger partial charge in [0, 0.05) is 62.7 Å². The van der Waals surface area contributed by atoms with Gasteiger partial charge in [-0.25, -0.2) is 0 Å². The number of aliphatic hydroxyl groups is 10. The summed E-state index contributed by atoms with van der Waals surface area (Å²) in [5, 5.41) is 120. The Balaban J connectivity index is 1.85. The summed E-state index contributed by atoms with van der Waals surface area (Å²) >= 11 is 0.